The minimum Gasteiger partial charge on any atom is -0.451 e. The van der Waals surface area contributed by atoms with Crippen LogP contribution in [0.15, 0.2) is 62.2 Å². The fraction of sp³-hybridized carbons (Fsp3) is 0.273. The highest BCUT2D eigenvalue weighted by molar-refractivity contribution is 9.10. The molecule has 0 N–H and O–H groups in total. The molecule has 2 aliphatic heterocycles. The largest absolute Gasteiger partial charge is 0.451 e. The summed E-state index contributed by atoms with van der Waals surface area (Å²) in [4.78, 5) is 37.6. The van der Waals surface area contributed by atoms with Crippen LogP contribution >= 0.6 is 15.9 Å². The molecule has 2 atom stereocenters. The summed E-state index contributed by atoms with van der Waals surface area (Å²) in [5.41, 5.74) is 1.60. The molecule has 2 aromatic heterocycles. The molecule has 1 saturated heterocycles. The average molecular weight is 484 g/mol. The Morgan fingerprint density at radius 2 is 1.97 bits per heavy atom. The second-order valence-corrected chi connectivity index (χ2v) is 8.85. The summed E-state index contributed by atoms with van der Waals surface area (Å²) >= 11 is 3.34. The van der Waals surface area contributed by atoms with Crippen molar-refractivity contribution in [3.63, 3.8) is 0 Å². The Bertz CT molecular complexity index is 1260. The average Bonchev–Trinajstić information content (AvgIpc) is 3.23. The van der Waals surface area contributed by atoms with Crippen LogP contribution < -0.4 is 5.56 Å². The predicted octanol–water partition coefficient (Wildman–Crippen LogP) is 4.04. The second-order valence-electron chi connectivity index (χ2n) is 7.99. The molecule has 0 saturated carbocycles. The van der Waals surface area contributed by atoms with Crippen molar-refractivity contribution in [2.24, 2.45) is 5.92 Å². The smallest absolute Gasteiger partial charge is 0.289 e. The van der Waals surface area contributed by atoms with E-state index in [0.29, 0.717) is 35.4 Å². The van der Waals surface area contributed by atoms with Gasteiger partial charge >= 0.3 is 0 Å². The van der Waals surface area contributed by atoms with Crippen LogP contribution in [0.1, 0.15) is 28.6 Å². The molecule has 3 aromatic rings. The number of carbonyl (C=O) groups is 1. The van der Waals surface area contributed by atoms with Crippen molar-refractivity contribution in [3.05, 3.63) is 84.9 Å². The SMILES string of the molecule is O=C(c1ccc(-c2ccc([N+](=O)[O-])cc2Br)o1)N1CC2CC(C1)c1cccc(=O)n1C2. The molecule has 158 valence electrons. The molecule has 9 heteroatoms. The van der Waals surface area contributed by atoms with Crippen molar-refractivity contribution < 1.29 is 14.1 Å². The maximum absolute atomic E-state index is 13.1. The van der Waals surface area contributed by atoms with E-state index in [1.165, 1.54) is 12.1 Å². The Labute approximate surface area is 185 Å². The van der Waals surface area contributed by atoms with Gasteiger partial charge in [-0.05, 0) is 52.5 Å². The summed E-state index contributed by atoms with van der Waals surface area (Å²) in [6.07, 6.45) is 0.965. The minimum absolute atomic E-state index is 0.0105. The normalized spacial score (nSPS) is 19.7. The number of aromatic nitrogens is 1. The number of pyridine rings is 1. The number of hydrogen-bond acceptors (Lipinski definition) is 5. The third-order valence-corrected chi connectivity index (χ3v) is 6.67. The van der Waals surface area contributed by atoms with Gasteiger partial charge in [0, 0.05) is 59.5 Å². The molecule has 4 heterocycles. The number of likely N-dealkylation sites (tertiary alicyclic amines) is 1. The highest BCUT2D eigenvalue weighted by Crippen LogP contribution is 2.36. The van der Waals surface area contributed by atoms with Gasteiger partial charge in [-0.25, -0.2) is 0 Å². The van der Waals surface area contributed by atoms with E-state index in [-0.39, 0.29) is 34.7 Å². The van der Waals surface area contributed by atoms with Crippen LogP contribution in [0.5, 0.6) is 0 Å². The van der Waals surface area contributed by atoms with Gasteiger partial charge < -0.3 is 13.9 Å². The van der Waals surface area contributed by atoms with E-state index in [9.17, 15) is 19.7 Å². The molecule has 31 heavy (non-hydrogen) atoms. The highest BCUT2D eigenvalue weighted by Gasteiger charge is 2.37. The van der Waals surface area contributed by atoms with E-state index in [1.54, 1.807) is 35.2 Å². The third kappa shape index (κ3) is 3.48. The molecular weight excluding hydrogens is 466 g/mol. The lowest BCUT2D eigenvalue weighted by Gasteiger charge is -2.42. The number of halogens is 1. The number of nitro benzene ring substituents is 1. The van der Waals surface area contributed by atoms with E-state index >= 15 is 0 Å². The van der Waals surface area contributed by atoms with Crippen molar-refractivity contribution in [1.29, 1.82) is 0 Å². The Balaban J connectivity index is 1.38. The first-order valence-corrected chi connectivity index (χ1v) is 10.7. The number of piperidine rings is 1. The summed E-state index contributed by atoms with van der Waals surface area (Å²) in [6.45, 7) is 1.73. The number of rotatable bonds is 3. The van der Waals surface area contributed by atoms with Crippen molar-refractivity contribution >= 4 is 27.5 Å². The van der Waals surface area contributed by atoms with Gasteiger partial charge in [0.25, 0.3) is 17.2 Å². The summed E-state index contributed by atoms with van der Waals surface area (Å²) < 4.78 is 8.18. The predicted molar refractivity (Wildman–Crippen MR) is 116 cm³/mol. The number of carbonyl (C=O) groups excluding carboxylic acids is 1. The molecule has 0 aliphatic carbocycles. The van der Waals surface area contributed by atoms with Crippen molar-refractivity contribution in [2.75, 3.05) is 13.1 Å². The van der Waals surface area contributed by atoms with Gasteiger partial charge in [-0.15, -0.1) is 0 Å². The fourth-order valence-electron chi connectivity index (χ4n) is 4.63. The van der Waals surface area contributed by atoms with Crippen molar-refractivity contribution in [1.82, 2.24) is 9.47 Å². The molecular formula is C22H18BrN3O5. The number of hydrogen-bond donors (Lipinski definition) is 0. The monoisotopic (exact) mass is 483 g/mol. The molecule has 0 spiro atoms. The van der Waals surface area contributed by atoms with Crippen LogP contribution in [0, 0.1) is 16.0 Å². The topological polar surface area (TPSA) is 98.6 Å². The summed E-state index contributed by atoms with van der Waals surface area (Å²) in [5.74, 6) is 0.854. The number of fused-ring (bicyclic) bond motifs is 4. The highest BCUT2D eigenvalue weighted by atomic mass is 79.9. The zero-order chi connectivity index (χ0) is 21.7. The van der Waals surface area contributed by atoms with E-state index in [4.69, 9.17) is 4.42 Å². The van der Waals surface area contributed by atoms with E-state index in [1.807, 2.05) is 10.6 Å². The quantitative estimate of drug-likeness (QED) is 0.413. The number of furan rings is 1. The maximum atomic E-state index is 13.1. The van der Waals surface area contributed by atoms with Gasteiger partial charge in [0.05, 0.1) is 4.92 Å². The Hall–Kier alpha value is -3.20. The first-order chi connectivity index (χ1) is 14.9. The maximum Gasteiger partial charge on any atom is 0.289 e. The number of nitrogens with zero attached hydrogens (tertiary/aromatic N) is 3. The van der Waals surface area contributed by atoms with Gasteiger partial charge in [-0.2, -0.15) is 0 Å². The number of non-ortho nitro benzene ring substituents is 1. The van der Waals surface area contributed by atoms with Gasteiger partial charge in [-0.3, -0.25) is 19.7 Å². The summed E-state index contributed by atoms with van der Waals surface area (Å²) in [5, 5.41) is 10.9. The van der Waals surface area contributed by atoms with E-state index in [2.05, 4.69) is 15.9 Å². The fourth-order valence-corrected chi connectivity index (χ4v) is 5.20. The molecule has 1 fully saturated rings. The van der Waals surface area contributed by atoms with E-state index < -0.39 is 4.92 Å². The van der Waals surface area contributed by atoms with Crippen LogP contribution in [0.3, 0.4) is 0 Å². The third-order valence-electron chi connectivity index (χ3n) is 6.01. The van der Waals surface area contributed by atoms with Crippen LogP contribution in [0.4, 0.5) is 5.69 Å². The number of amides is 1. The Morgan fingerprint density at radius 3 is 2.74 bits per heavy atom. The molecule has 2 bridgehead atoms. The zero-order valence-corrected chi connectivity index (χ0v) is 17.9. The lowest BCUT2D eigenvalue weighted by atomic mass is 9.83. The van der Waals surface area contributed by atoms with Crippen molar-refractivity contribution in [3.8, 4) is 11.3 Å². The first-order valence-electron chi connectivity index (χ1n) is 9.94. The Kier molecular flexibility index (Phi) is 4.77. The zero-order valence-electron chi connectivity index (χ0n) is 16.4. The molecule has 5 rings (SSSR count). The molecule has 2 aliphatic rings. The lowest BCUT2D eigenvalue weighted by Crippen LogP contribution is -2.49. The molecule has 0 radical (unpaired) electrons. The van der Waals surface area contributed by atoms with Crippen LogP contribution in [-0.2, 0) is 6.54 Å². The Morgan fingerprint density at radius 1 is 1.13 bits per heavy atom. The van der Waals surface area contributed by atoms with E-state index in [0.717, 1.165) is 12.1 Å². The van der Waals surface area contributed by atoms with Crippen LogP contribution in [0.2, 0.25) is 0 Å². The van der Waals surface area contributed by atoms with Crippen LogP contribution in [-0.4, -0.2) is 33.4 Å². The lowest BCUT2D eigenvalue weighted by molar-refractivity contribution is -0.384. The summed E-state index contributed by atoms with van der Waals surface area (Å²) in [6, 6.07) is 13.0. The number of nitro groups is 1. The second kappa shape index (κ2) is 7.49. The molecule has 1 amide bonds. The summed E-state index contributed by atoms with van der Waals surface area (Å²) in [7, 11) is 0. The minimum atomic E-state index is -0.467. The molecule has 2 unspecified atom stereocenters. The number of benzene rings is 1. The molecule has 1 aromatic carbocycles. The van der Waals surface area contributed by atoms with Gasteiger partial charge in [0.15, 0.2) is 5.76 Å². The van der Waals surface area contributed by atoms with Gasteiger partial charge in [0.2, 0.25) is 0 Å². The van der Waals surface area contributed by atoms with Gasteiger partial charge in [0.1, 0.15) is 5.76 Å². The van der Waals surface area contributed by atoms with Gasteiger partial charge in [-0.1, -0.05) is 6.07 Å². The first kappa shape index (κ1) is 19.7. The van der Waals surface area contributed by atoms with Crippen LogP contribution in [0.25, 0.3) is 11.3 Å². The van der Waals surface area contributed by atoms with Crippen molar-refractivity contribution in [2.45, 2.75) is 18.9 Å². The standard InChI is InChI=1S/C22H18BrN3O5/c23-17-9-15(26(29)30)4-5-16(17)19-6-7-20(31-19)22(28)24-10-13-8-14(12-24)18-2-1-3-21(27)25(18)11-13/h1-7,9,13-14H,8,10-12H2. The molecule has 8 nitrogen and oxygen atoms in total.